The van der Waals surface area contributed by atoms with E-state index in [2.05, 4.69) is 53.6 Å². The van der Waals surface area contributed by atoms with E-state index in [0.717, 1.165) is 50.5 Å². The minimum Gasteiger partial charge on any atom is -0.380 e. The number of hydrogen-bond acceptors (Lipinski definition) is 3. The van der Waals surface area contributed by atoms with Crippen LogP contribution in [-0.4, -0.2) is 43.6 Å². The smallest absolute Gasteiger partial charge is 0.191 e. The third kappa shape index (κ3) is 7.04. The molecule has 1 aliphatic heterocycles. The van der Waals surface area contributed by atoms with Crippen LogP contribution in [0.25, 0.3) is 0 Å². The number of aryl methyl sites for hydroxylation is 1. The van der Waals surface area contributed by atoms with E-state index in [1.165, 1.54) is 17.2 Å². The summed E-state index contributed by atoms with van der Waals surface area (Å²) < 4.78 is 18.9. The molecule has 2 aromatic carbocycles. The van der Waals surface area contributed by atoms with E-state index in [1.807, 2.05) is 6.07 Å². The lowest BCUT2D eigenvalue weighted by atomic mass is 10.0. The minimum atomic E-state index is -0.239. The number of methoxy groups -OCH3 is 1. The normalized spacial score (nSPS) is 15.8. The quantitative estimate of drug-likeness (QED) is 0.495. The number of nitrogens with one attached hydrogen (secondary N) is 2. The number of benzene rings is 2. The number of aliphatic imine (C=N–C) groups is 1. The second-order valence-electron chi connectivity index (χ2n) is 8.18. The molecule has 1 fully saturated rings. The standard InChI is InChI=1S/C25H35FN4O/c1-4-27-25(28-16-20-9-10-24(26)22(15-20)18-31-3)29-23-11-13-30(14-12-23)17-21-8-6-5-7-19(21)2/h5-10,15,23H,4,11-14,16-18H2,1-3H3,(H2,27,28,29). The van der Waals surface area contributed by atoms with E-state index < -0.39 is 0 Å². The highest BCUT2D eigenvalue weighted by Crippen LogP contribution is 2.16. The average Bonchev–Trinajstić information content (AvgIpc) is 2.77. The maximum atomic E-state index is 13.8. The fourth-order valence-corrected chi connectivity index (χ4v) is 3.94. The van der Waals surface area contributed by atoms with Crippen molar-refractivity contribution in [3.8, 4) is 0 Å². The van der Waals surface area contributed by atoms with Crippen LogP contribution in [0.1, 0.15) is 42.0 Å². The Morgan fingerprint density at radius 1 is 1.16 bits per heavy atom. The van der Waals surface area contributed by atoms with Crippen LogP contribution in [0.15, 0.2) is 47.5 Å². The molecule has 0 aliphatic carbocycles. The summed E-state index contributed by atoms with van der Waals surface area (Å²) >= 11 is 0. The summed E-state index contributed by atoms with van der Waals surface area (Å²) in [7, 11) is 1.57. The van der Waals surface area contributed by atoms with E-state index in [4.69, 9.17) is 9.73 Å². The molecule has 0 bridgehead atoms. The van der Waals surface area contributed by atoms with Gasteiger partial charge in [0.05, 0.1) is 13.2 Å². The average molecular weight is 427 g/mol. The van der Waals surface area contributed by atoms with Crippen molar-refractivity contribution in [2.45, 2.75) is 52.4 Å². The van der Waals surface area contributed by atoms with E-state index in [0.29, 0.717) is 18.2 Å². The Bertz CT molecular complexity index is 862. The van der Waals surface area contributed by atoms with E-state index in [-0.39, 0.29) is 12.4 Å². The maximum Gasteiger partial charge on any atom is 0.191 e. The molecule has 0 spiro atoms. The second kappa shape index (κ2) is 11.8. The van der Waals surface area contributed by atoms with Crippen LogP contribution in [0.2, 0.25) is 0 Å². The molecule has 1 heterocycles. The summed E-state index contributed by atoms with van der Waals surface area (Å²) in [5.41, 5.74) is 4.31. The zero-order valence-corrected chi connectivity index (χ0v) is 19.0. The van der Waals surface area contributed by atoms with E-state index in [1.54, 1.807) is 13.2 Å². The molecule has 5 nitrogen and oxygen atoms in total. The summed E-state index contributed by atoms with van der Waals surface area (Å²) in [5, 5.41) is 6.92. The van der Waals surface area contributed by atoms with Crippen LogP contribution in [0, 0.1) is 12.7 Å². The number of rotatable bonds is 8. The summed E-state index contributed by atoms with van der Waals surface area (Å²) in [6.45, 7) is 8.98. The first-order valence-corrected chi connectivity index (χ1v) is 11.2. The predicted molar refractivity (Wildman–Crippen MR) is 125 cm³/mol. The van der Waals surface area contributed by atoms with Gasteiger partial charge < -0.3 is 15.4 Å². The highest BCUT2D eigenvalue weighted by atomic mass is 19.1. The van der Waals surface area contributed by atoms with Crippen LogP contribution in [0.4, 0.5) is 4.39 Å². The van der Waals surface area contributed by atoms with Gasteiger partial charge in [0.1, 0.15) is 5.82 Å². The monoisotopic (exact) mass is 426 g/mol. The van der Waals surface area contributed by atoms with Crippen molar-refractivity contribution in [1.82, 2.24) is 15.5 Å². The molecule has 2 N–H and O–H groups in total. The molecule has 1 aliphatic rings. The molecular formula is C25H35FN4O. The Morgan fingerprint density at radius 3 is 2.65 bits per heavy atom. The van der Waals surface area contributed by atoms with Crippen molar-refractivity contribution in [1.29, 1.82) is 0 Å². The van der Waals surface area contributed by atoms with Gasteiger partial charge in [0.2, 0.25) is 0 Å². The molecule has 0 radical (unpaired) electrons. The van der Waals surface area contributed by atoms with Crippen LogP contribution in [0.3, 0.4) is 0 Å². The molecule has 0 saturated carbocycles. The molecule has 0 unspecified atom stereocenters. The summed E-state index contributed by atoms with van der Waals surface area (Å²) in [4.78, 5) is 7.25. The fraction of sp³-hybridized carbons (Fsp3) is 0.480. The Morgan fingerprint density at radius 2 is 1.94 bits per heavy atom. The Labute approximate surface area is 185 Å². The molecule has 0 amide bonds. The first-order valence-electron chi connectivity index (χ1n) is 11.2. The molecule has 6 heteroatoms. The number of guanidine groups is 1. The van der Waals surface area contributed by atoms with E-state index >= 15 is 0 Å². The molecule has 2 aromatic rings. The van der Waals surface area contributed by atoms with Gasteiger partial charge in [-0.05, 0) is 55.5 Å². The Hall–Kier alpha value is -2.44. The largest absolute Gasteiger partial charge is 0.380 e. The summed E-state index contributed by atoms with van der Waals surface area (Å²) in [6.07, 6.45) is 2.18. The highest BCUT2D eigenvalue weighted by molar-refractivity contribution is 5.80. The van der Waals surface area contributed by atoms with Crippen LogP contribution in [0.5, 0.6) is 0 Å². The van der Waals surface area contributed by atoms with Crippen molar-refractivity contribution >= 4 is 5.96 Å². The molecular weight excluding hydrogens is 391 g/mol. The Kier molecular flexibility index (Phi) is 8.85. The summed E-state index contributed by atoms with van der Waals surface area (Å²) in [5.74, 6) is 0.578. The van der Waals surface area contributed by atoms with Gasteiger partial charge in [0, 0.05) is 44.9 Å². The van der Waals surface area contributed by atoms with Gasteiger partial charge in [0.25, 0.3) is 0 Å². The molecule has 1 saturated heterocycles. The number of ether oxygens (including phenoxy) is 1. The number of halogens is 1. The fourth-order valence-electron chi connectivity index (χ4n) is 3.94. The third-order valence-corrected chi connectivity index (χ3v) is 5.76. The number of nitrogens with zero attached hydrogens (tertiary/aromatic N) is 2. The topological polar surface area (TPSA) is 48.9 Å². The summed E-state index contributed by atoms with van der Waals surface area (Å²) in [6, 6.07) is 14.1. The lowest BCUT2D eigenvalue weighted by molar-refractivity contribution is 0.181. The van der Waals surface area contributed by atoms with Gasteiger partial charge in [-0.3, -0.25) is 4.90 Å². The van der Waals surface area contributed by atoms with Crippen LogP contribution >= 0.6 is 0 Å². The lowest BCUT2D eigenvalue weighted by Crippen LogP contribution is -2.48. The molecule has 0 aromatic heterocycles. The van der Waals surface area contributed by atoms with Gasteiger partial charge in [-0.1, -0.05) is 30.3 Å². The first-order chi connectivity index (χ1) is 15.1. The molecule has 3 rings (SSSR count). The first kappa shape index (κ1) is 23.2. The molecule has 31 heavy (non-hydrogen) atoms. The van der Waals surface area contributed by atoms with Gasteiger partial charge in [-0.15, -0.1) is 0 Å². The maximum absolute atomic E-state index is 13.8. The third-order valence-electron chi connectivity index (χ3n) is 5.76. The van der Waals surface area contributed by atoms with Gasteiger partial charge in [-0.2, -0.15) is 0 Å². The van der Waals surface area contributed by atoms with Crippen molar-refractivity contribution < 1.29 is 9.13 Å². The highest BCUT2D eigenvalue weighted by Gasteiger charge is 2.20. The zero-order chi connectivity index (χ0) is 22.1. The van der Waals surface area contributed by atoms with Gasteiger partial charge in [0.15, 0.2) is 5.96 Å². The predicted octanol–water partition coefficient (Wildman–Crippen LogP) is 4.00. The second-order valence-corrected chi connectivity index (χ2v) is 8.18. The minimum absolute atomic E-state index is 0.239. The number of piperidine rings is 1. The Balaban J connectivity index is 1.53. The zero-order valence-electron chi connectivity index (χ0n) is 19.0. The van der Waals surface area contributed by atoms with Crippen molar-refractivity contribution in [3.05, 3.63) is 70.5 Å². The van der Waals surface area contributed by atoms with Gasteiger partial charge in [-0.25, -0.2) is 9.38 Å². The van der Waals surface area contributed by atoms with Crippen LogP contribution in [-0.2, 0) is 24.4 Å². The van der Waals surface area contributed by atoms with Crippen LogP contribution < -0.4 is 10.6 Å². The van der Waals surface area contributed by atoms with Crippen molar-refractivity contribution in [2.24, 2.45) is 4.99 Å². The molecule has 168 valence electrons. The van der Waals surface area contributed by atoms with Crippen molar-refractivity contribution in [3.63, 3.8) is 0 Å². The van der Waals surface area contributed by atoms with Crippen molar-refractivity contribution in [2.75, 3.05) is 26.7 Å². The molecule has 0 atom stereocenters. The number of hydrogen-bond donors (Lipinski definition) is 2. The number of likely N-dealkylation sites (tertiary alicyclic amines) is 1. The lowest BCUT2D eigenvalue weighted by Gasteiger charge is -2.33. The SMILES string of the molecule is CCNC(=NCc1ccc(F)c(COC)c1)NC1CCN(Cc2ccccc2C)CC1. The van der Waals surface area contributed by atoms with E-state index in [9.17, 15) is 4.39 Å². The van der Waals surface area contributed by atoms with Gasteiger partial charge >= 0.3 is 0 Å².